The Hall–Kier alpha value is -2.67. The summed E-state index contributed by atoms with van der Waals surface area (Å²) >= 11 is 3.56. The van der Waals surface area contributed by atoms with Crippen LogP contribution in [0.15, 0.2) is 45.8 Å². The number of nitrogens with zero attached hydrogens (tertiary/aromatic N) is 1. The Labute approximate surface area is 164 Å². The smallest absolute Gasteiger partial charge is 0.262 e. The van der Waals surface area contributed by atoms with E-state index in [0.717, 1.165) is 15.4 Å². The van der Waals surface area contributed by atoms with Gasteiger partial charge < -0.3 is 23.5 Å². The van der Waals surface area contributed by atoms with Crippen molar-refractivity contribution in [2.45, 2.75) is 13.0 Å². The average Bonchev–Trinajstić information content (AvgIpc) is 3.16. The van der Waals surface area contributed by atoms with Gasteiger partial charge in [0.05, 0.1) is 19.6 Å². The molecule has 0 amide bonds. The maximum Gasteiger partial charge on any atom is 0.262 e. The topological polar surface area (TPSA) is 58.9 Å². The van der Waals surface area contributed by atoms with Crippen molar-refractivity contribution in [3.05, 3.63) is 56.9 Å². The lowest BCUT2D eigenvalue weighted by atomic mass is 10.1. The number of fused-ring (bicyclic) bond motifs is 3. The second-order valence-corrected chi connectivity index (χ2v) is 6.98. The first-order valence-corrected chi connectivity index (χ1v) is 9.24. The molecule has 0 N–H and O–H groups in total. The number of aromatic nitrogens is 1. The van der Waals surface area contributed by atoms with E-state index in [1.165, 1.54) is 0 Å². The molecule has 0 saturated carbocycles. The van der Waals surface area contributed by atoms with E-state index >= 15 is 0 Å². The number of rotatable bonds is 5. The standard InChI is InChI=1S/C20H18BrNO5/c1-24-16-9-13(14(21)10-17(16)25-2)6-8-22-7-5-12-3-4-15-19(27-11-26-15)18(12)20(22)23/h3-5,7,9-10H,6,8,11H2,1-2H3. The van der Waals surface area contributed by atoms with E-state index in [4.69, 9.17) is 18.9 Å². The van der Waals surface area contributed by atoms with Crippen molar-refractivity contribution in [3.63, 3.8) is 0 Å². The van der Waals surface area contributed by atoms with E-state index in [-0.39, 0.29) is 12.4 Å². The van der Waals surface area contributed by atoms with Crippen LogP contribution in [-0.2, 0) is 13.0 Å². The van der Waals surface area contributed by atoms with Gasteiger partial charge in [0.1, 0.15) is 0 Å². The number of methoxy groups -OCH3 is 2. The van der Waals surface area contributed by atoms with Crippen LogP contribution in [0.4, 0.5) is 0 Å². The number of hydrogen-bond acceptors (Lipinski definition) is 5. The monoisotopic (exact) mass is 431 g/mol. The molecule has 1 aliphatic heterocycles. The Morgan fingerprint density at radius 1 is 1.11 bits per heavy atom. The van der Waals surface area contributed by atoms with Gasteiger partial charge in [-0.05, 0) is 41.6 Å². The van der Waals surface area contributed by atoms with Crippen LogP contribution in [0, 0.1) is 0 Å². The molecule has 0 bridgehead atoms. The molecule has 0 fully saturated rings. The minimum atomic E-state index is -0.0913. The highest BCUT2D eigenvalue weighted by molar-refractivity contribution is 9.10. The fraction of sp³-hybridized carbons (Fsp3) is 0.250. The van der Waals surface area contributed by atoms with Crippen LogP contribution in [0.3, 0.4) is 0 Å². The molecule has 2 heterocycles. The van der Waals surface area contributed by atoms with Gasteiger partial charge in [0.2, 0.25) is 6.79 Å². The largest absolute Gasteiger partial charge is 0.493 e. The molecule has 4 rings (SSSR count). The normalized spacial score (nSPS) is 12.4. The molecule has 0 atom stereocenters. The molecule has 0 spiro atoms. The lowest BCUT2D eigenvalue weighted by molar-refractivity contribution is 0.174. The predicted molar refractivity (Wildman–Crippen MR) is 105 cm³/mol. The van der Waals surface area contributed by atoms with Gasteiger partial charge in [-0.3, -0.25) is 4.79 Å². The van der Waals surface area contributed by atoms with E-state index in [2.05, 4.69) is 15.9 Å². The Balaban J connectivity index is 1.67. The van der Waals surface area contributed by atoms with Gasteiger partial charge in [-0.25, -0.2) is 0 Å². The van der Waals surface area contributed by atoms with E-state index in [1.807, 2.05) is 36.5 Å². The maximum atomic E-state index is 13.0. The van der Waals surface area contributed by atoms with Crippen LogP contribution in [0.25, 0.3) is 10.8 Å². The van der Waals surface area contributed by atoms with Crippen LogP contribution in [-0.4, -0.2) is 25.6 Å². The first kappa shape index (κ1) is 17.7. The summed E-state index contributed by atoms with van der Waals surface area (Å²) in [6.45, 7) is 0.661. The summed E-state index contributed by atoms with van der Waals surface area (Å²) in [7, 11) is 3.20. The number of pyridine rings is 1. The third kappa shape index (κ3) is 3.12. The predicted octanol–water partition coefficient (Wildman–Crippen LogP) is 3.75. The van der Waals surface area contributed by atoms with E-state index in [9.17, 15) is 4.79 Å². The highest BCUT2D eigenvalue weighted by Crippen LogP contribution is 2.37. The van der Waals surface area contributed by atoms with Crippen LogP contribution in [0.2, 0.25) is 0 Å². The van der Waals surface area contributed by atoms with Crippen molar-refractivity contribution in [1.29, 1.82) is 0 Å². The number of ether oxygens (including phenoxy) is 4. The van der Waals surface area contributed by atoms with Gasteiger partial charge in [0.15, 0.2) is 23.0 Å². The molecule has 7 heteroatoms. The van der Waals surface area contributed by atoms with Crippen LogP contribution in [0.1, 0.15) is 5.56 Å². The van der Waals surface area contributed by atoms with Crippen molar-refractivity contribution >= 4 is 26.7 Å². The van der Waals surface area contributed by atoms with Crippen molar-refractivity contribution < 1.29 is 18.9 Å². The summed E-state index contributed by atoms with van der Waals surface area (Å²) in [5, 5.41) is 1.40. The van der Waals surface area contributed by atoms with Crippen molar-refractivity contribution in [2.24, 2.45) is 0 Å². The summed E-state index contributed by atoms with van der Waals surface area (Å²) in [5.74, 6) is 2.45. The minimum absolute atomic E-state index is 0.0913. The SMILES string of the molecule is COc1cc(Br)c(CCn2ccc3ccc4c(c3c2=O)OCO4)cc1OC. The Bertz CT molecular complexity index is 1080. The van der Waals surface area contributed by atoms with Gasteiger partial charge in [-0.15, -0.1) is 0 Å². The summed E-state index contributed by atoms with van der Waals surface area (Å²) in [5.41, 5.74) is 0.934. The number of benzene rings is 2. The lowest BCUT2D eigenvalue weighted by Crippen LogP contribution is -2.21. The molecule has 1 aliphatic rings. The highest BCUT2D eigenvalue weighted by atomic mass is 79.9. The molecular weight excluding hydrogens is 414 g/mol. The molecule has 3 aromatic rings. The van der Waals surface area contributed by atoms with Gasteiger partial charge in [-0.2, -0.15) is 0 Å². The second-order valence-electron chi connectivity index (χ2n) is 6.13. The number of halogens is 1. The van der Waals surface area contributed by atoms with Crippen LogP contribution in [0.5, 0.6) is 23.0 Å². The third-order valence-electron chi connectivity index (χ3n) is 4.65. The van der Waals surface area contributed by atoms with E-state index in [1.54, 1.807) is 18.8 Å². The zero-order valence-corrected chi connectivity index (χ0v) is 16.5. The average molecular weight is 432 g/mol. The van der Waals surface area contributed by atoms with Crippen LogP contribution < -0.4 is 24.5 Å². The lowest BCUT2D eigenvalue weighted by Gasteiger charge is -2.13. The van der Waals surface area contributed by atoms with Gasteiger partial charge in [0, 0.05) is 17.2 Å². The molecule has 1 aromatic heterocycles. The van der Waals surface area contributed by atoms with E-state index < -0.39 is 0 Å². The fourth-order valence-corrected chi connectivity index (χ4v) is 3.75. The molecule has 0 aliphatic carbocycles. The molecule has 0 radical (unpaired) electrons. The molecule has 0 unspecified atom stereocenters. The van der Waals surface area contributed by atoms with Crippen LogP contribution >= 0.6 is 15.9 Å². The minimum Gasteiger partial charge on any atom is -0.493 e. The third-order valence-corrected chi connectivity index (χ3v) is 5.39. The van der Waals surface area contributed by atoms with Gasteiger partial charge in [0.25, 0.3) is 5.56 Å². The zero-order valence-electron chi connectivity index (χ0n) is 15.0. The van der Waals surface area contributed by atoms with Gasteiger partial charge >= 0.3 is 0 Å². The Morgan fingerprint density at radius 2 is 1.89 bits per heavy atom. The van der Waals surface area contributed by atoms with E-state index in [0.29, 0.717) is 41.3 Å². The second kappa shape index (κ2) is 7.15. The zero-order chi connectivity index (χ0) is 19.0. The summed E-state index contributed by atoms with van der Waals surface area (Å²) in [6, 6.07) is 9.41. The maximum absolute atomic E-state index is 13.0. The Morgan fingerprint density at radius 3 is 2.67 bits per heavy atom. The fourth-order valence-electron chi connectivity index (χ4n) is 3.23. The summed E-state index contributed by atoms with van der Waals surface area (Å²) in [4.78, 5) is 13.0. The first-order valence-electron chi connectivity index (χ1n) is 8.44. The molecule has 27 heavy (non-hydrogen) atoms. The van der Waals surface area contributed by atoms with Crippen molar-refractivity contribution in [1.82, 2.24) is 4.57 Å². The van der Waals surface area contributed by atoms with Gasteiger partial charge in [-0.1, -0.05) is 22.0 Å². The molecule has 2 aromatic carbocycles. The number of aryl methyl sites for hydroxylation is 2. The van der Waals surface area contributed by atoms with Crippen molar-refractivity contribution in [2.75, 3.05) is 21.0 Å². The summed E-state index contributed by atoms with van der Waals surface area (Å²) in [6.07, 6.45) is 2.46. The highest BCUT2D eigenvalue weighted by Gasteiger charge is 2.20. The molecule has 6 nitrogen and oxygen atoms in total. The molecule has 140 valence electrons. The molecule has 0 saturated heterocycles. The first-order chi connectivity index (χ1) is 13.1. The van der Waals surface area contributed by atoms with Crippen molar-refractivity contribution in [3.8, 4) is 23.0 Å². The molecular formula is C20H18BrNO5. The Kier molecular flexibility index (Phi) is 4.70. The number of hydrogen-bond donors (Lipinski definition) is 0. The summed E-state index contributed by atoms with van der Waals surface area (Å²) < 4.78 is 24.2. The quantitative estimate of drug-likeness (QED) is 0.615.